The van der Waals surface area contributed by atoms with Crippen molar-refractivity contribution in [2.24, 2.45) is 0 Å². The van der Waals surface area contributed by atoms with E-state index in [4.69, 9.17) is 21.4 Å². The molecule has 0 saturated heterocycles. The third-order valence-electron chi connectivity index (χ3n) is 2.36. The van der Waals surface area contributed by atoms with Crippen molar-refractivity contribution >= 4 is 17.6 Å². The first-order valence-corrected chi connectivity index (χ1v) is 5.71. The van der Waals surface area contributed by atoms with E-state index in [1.54, 1.807) is 31.2 Å². The van der Waals surface area contributed by atoms with Crippen LogP contribution in [0.2, 0.25) is 5.02 Å². The first-order valence-electron chi connectivity index (χ1n) is 5.34. The van der Waals surface area contributed by atoms with Crippen molar-refractivity contribution in [1.82, 2.24) is 10.2 Å². The molecular weight excluding hydrogens is 256 g/mol. The molecular formula is C12H11ClN2O3. The molecule has 2 aromatic rings. The highest BCUT2D eigenvalue weighted by atomic mass is 35.5. The lowest BCUT2D eigenvalue weighted by atomic mass is 10.1. The molecule has 1 aromatic carbocycles. The fourth-order valence-corrected chi connectivity index (χ4v) is 1.73. The Bertz CT molecular complexity index is 563. The summed E-state index contributed by atoms with van der Waals surface area (Å²) in [5.74, 6) is -0.810. The molecule has 1 heterocycles. The smallest absolute Gasteiger partial charge is 0.354 e. The van der Waals surface area contributed by atoms with Gasteiger partial charge in [0.25, 0.3) is 0 Å². The minimum Gasteiger partial charge on any atom is -0.477 e. The number of H-pyrrole nitrogens is 1. The van der Waals surface area contributed by atoms with E-state index in [-0.39, 0.29) is 11.6 Å². The van der Waals surface area contributed by atoms with Crippen molar-refractivity contribution in [1.29, 1.82) is 0 Å². The fraction of sp³-hybridized carbons (Fsp3) is 0.167. The molecule has 0 fully saturated rings. The number of benzene rings is 1. The van der Waals surface area contributed by atoms with Crippen molar-refractivity contribution < 1.29 is 14.6 Å². The van der Waals surface area contributed by atoms with Gasteiger partial charge < -0.3 is 9.84 Å². The van der Waals surface area contributed by atoms with E-state index in [0.29, 0.717) is 22.8 Å². The van der Waals surface area contributed by atoms with E-state index in [9.17, 15) is 4.79 Å². The number of carbonyl (C=O) groups is 1. The topological polar surface area (TPSA) is 75.2 Å². The molecule has 0 bridgehead atoms. The van der Waals surface area contributed by atoms with E-state index in [1.165, 1.54) is 0 Å². The van der Waals surface area contributed by atoms with E-state index < -0.39 is 5.97 Å². The molecule has 0 amide bonds. The second-order valence-corrected chi connectivity index (χ2v) is 3.96. The normalized spacial score (nSPS) is 10.3. The number of carboxylic acid groups (broad SMARTS) is 1. The third kappa shape index (κ3) is 2.31. The Labute approximate surface area is 108 Å². The summed E-state index contributed by atoms with van der Waals surface area (Å²) in [6, 6.07) is 6.82. The van der Waals surface area contributed by atoms with Crippen LogP contribution in [0.3, 0.4) is 0 Å². The molecule has 2 rings (SSSR count). The molecule has 94 valence electrons. The van der Waals surface area contributed by atoms with Crippen molar-refractivity contribution in [3.63, 3.8) is 0 Å². The molecule has 0 aliphatic heterocycles. The van der Waals surface area contributed by atoms with Crippen molar-refractivity contribution in [3.8, 4) is 17.0 Å². The monoisotopic (exact) mass is 266 g/mol. The van der Waals surface area contributed by atoms with Gasteiger partial charge in [0, 0.05) is 5.02 Å². The summed E-state index contributed by atoms with van der Waals surface area (Å²) in [6.07, 6.45) is 0. The Morgan fingerprint density at radius 1 is 1.44 bits per heavy atom. The number of halogens is 1. The second-order valence-electron chi connectivity index (χ2n) is 3.52. The lowest BCUT2D eigenvalue weighted by molar-refractivity contribution is 0.0691. The minimum atomic E-state index is -1.08. The van der Waals surface area contributed by atoms with Crippen LogP contribution in [0.1, 0.15) is 17.4 Å². The number of nitrogens with zero attached hydrogens (tertiary/aromatic N) is 1. The molecule has 2 N–H and O–H groups in total. The molecule has 1 aromatic heterocycles. The maximum absolute atomic E-state index is 11.1. The number of hydrogen-bond acceptors (Lipinski definition) is 3. The first kappa shape index (κ1) is 12.4. The Hall–Kier alpha value is -2.01. The van der Waals surface area contributed by atoms with Gasteiger partial charge in [0.1, 0.15) is 0 Å². The lowest BCUT2D eigenvalue weighted by Crippen LogP contribution is -1.99. The van der Waals surface area contributed by atoms with Crippen LogP contribution in [0.25, 0.3) is 11.1 Å². The van der Waals surface area contributed by atoms with Crippen LogP contribution in [0.15, 0.2) is 24.3 Å². The number of aromatic nitrogens is 2. The van der Waals surface area contributed by atoms with Crippen LogP contribution in [-0.2, 0) is 0 Å². The van der Waals surface area contributed by atoms with Crippen LogP contribution >= 0.6 is 11.6 Å². The summed E-state index contributed by atoms with van der Waals surface area (Å²) in [6.45, 7) is 2.21. The van der Waals surface area contributed by atoms with Gasteiger partial charge in [-0.15, -0.1) is 5.10 Å². The molecule has 0 saturated carbocycles. The molecule has 5 nitrogen and oxygen atoms in total. The highest BCUT2D eigenvalue weighted by Gasteiger charge is 2.20. The summed E-state index contributed by atoms with van der Waals surface area (Å²) in [5.41, 5.74) is 1.12. The van der Waals surface area contributed by atoms with Gasteiger partial charge in [-0.25, -0.2) is 4.79 Å². The zero-order valence-electron chi connectivity index (χ0n) is 9.61. The standard InChI is InChI=1S/C12H11ClN2O3/c1-2-18-11-9(10(12(16)17)14-15-11)7-3-5-8(13)6-4-7/h3-6H,2H2,1H3,(H,14,15)(H,16,17). The van der Waals surface area contributed by atoms with E-state index >= 15 is 0 Å². The summed E-state index contributed by atoms with van der Waals surface area (Å²) in [7, 11) is 0. The second kappa shape index (κ2) is 5.10. The number of ether oxygens (including phenoxy) is 1. The Morgan fingerprint density at radius 2 is 2.11 bits per heavy atom. The molecule has 0 unspecified atom stereocenters. The first-order chi connectivity index (χ1) is 8.63. The summed E-state index contributed by atoms with van der Waals surface area (Å²) in [4.78, 5) is 11.1. The number of aromatic carboxylic acids is 1. The quantitative estimate of drug-likeness (QED) is 0.892. The van der Waals surface area contributed by atoms with Gasteiger partial charge in [0.05, 0.1) is 12.2 Å². The highest BCUT2D eigenvalue weighted by molar-refractivity contribution is 6.30. The largest absolute Gasteiger partial charge is 0.477 e. The highest BCUT2D eigenvalue weighted by Crippen LogP contribution is 2.32. The van der Waals surface area contributed by atoms with Gasteiger partial charge in [-0.1, -0.05) is 23.7 Å². The molecule has 0 atom stereocenters. The van der Waals surface area contributed by atoms with Crippen LogP contribution in [-0.4, -0.2) is 27.9 Å². The average Bonchev–Trinajstić information content (AvgIpc) is 2.75. The maximum atomic E-state index is 11.1. The number of carboxylic acids is 1. The maximum Gasteiger partial charge on any atom is 0.354 e. The molecule has 0 aliphatic carbocycles. The van der Waals surface area contributed by atoms with Crippen molar-refractivity contribution in [3.05, 3.63) is 35.0 Å². The van der Waals surface area contributed by atoms with Gasteiger partial charge in [-0.3, -0.25) is 5.10 Å². The number of hydrogen-bond donors (Lipinski definition) is 2. The zero-order chi connectivity index (χ0) is 13.1. The fourth-order valence-electron chi connectivity index (χ4n) is 1.61. The Kier molecular flexibility index (Phi) is 3.53. The summed E-state index contributed by atoms with van der Waals surface area (Å²) in [5, 5.41) is 16.0. The number of nitrogens with one attached hydrogen (secondary N) is 1. The van der Waals surface area contributed by atoms with Crippen LogP contribution in [0.5, 0.6) is 5.88 Å². The van der Waals surface area contributed by atoms with E-state index in [2.05, 4.69) is 10.2 Å². The zero-order valence-corrected chi connectivity index (χ0v) is 10.4. The van der Waals surface area contributed by atoms with Crippen LogP contribution < -0.4 is 4.74 Å². The molecule has 18 heavy (non-hydrogen) atoms. The number of rotatable bonds is 4. The molecule has 6 heteroatoms. The molecule has 0 radical (unpaired) electrons. The SMILES string of the molecule is CCOc1n[nH]c(C(=O)O)c1-c1ccc(Cl)cc1. The summed E-state index contributed by atoms with van der Waals surface area (Å²) >= 11 is 5.81. The van der Waals surface area contributed by atoms with Crippen LogP contribution in [0, 0.1) is 0 Å². The minimum absolute atomic E-state index is 0.000715. The number of aromatic amines is 1. The van der Waals surface area contributed by atoms with Gasteiger partial charge >= 0.3 is 5.97 Å². The lowest BCUT2D eigenvalue weighted by Gasteiger charge is -2.04. The molecule has 0 aliphatic rings. The van der Waals surface area contributed by atoms with Crippen molar-refractivity contribution in [2.75, 3.05) is 6.61 Å². The third-order valence-corrected chi connectivity index (χ3v) is 2.61. The van der Waals surface area contributed by atoms with Gasteiger partial charge in [0.15, 0.2) is 5.69 Å². The van der Waals surface area contributed by atoms with Gasteiger partial charge in [-0.2, -0.15) is 0 Å². The van der Waals surface area contributed by atoms with E-state index in [1.807, 2.05) is 0 Å². The Morgan fingerprint density at radius 3 is 2.67 bits per heavy atom. The van der Waals surface area contributed by atoms with Gasteiger partial charge in [-0.05, 0) is 24.6 Å². The van der Waals surface area contributed by atoms with E-state index in [0.717, 1.165) is 0 Å². The Balaban J connectivity index is 2.55. The predicted octanol–water partition coefficient (Wildman–Crippen LogP) is 2.83. The molecule has 0 spiro atoms. The van der Waals surface area contributed by atoms with Gasteiger partial charge in [0.2, 0.25) is 5.88 Å². The average molecular weight is 267 g/mol. The van der Waals surface area contributed by atoms with Crippen LogP contribution in [0.4, 0.5) is 0 Å². The van der Waals surface area contributed by atoms with Crippen molar-refractivity contribution in [2.45, 2.75) is 6.92 Å². The predicted molar refractivity (Wildman–Crippen MR) is 67.2 cm³/mol. The summed E-state index contributed by atoms with van der Waals surface area (Å²) < 4.78 is 5.31.